The number of carbonyl (C=O) groups excluding carboxylic acids is 1. The van der Waals surface area contributed by atoms with Gasteiger partial charge in [0.25, 0.3) is 11.6 Å². The van der Waals surface area contributed by atoms with Gasteiger partial charge in [-0.1, -0.05) is 29.8 Å². The topological polar surface area (TPSA) is 103 Å². The molecular formula is C16H12ClN5O3. The second-order valence-corrected chi connectivity index (χ2v) is 5.57. The maximum Gasteiger partial charge on any atom is 0.285 e. The fraction of sp³-hybridized carbons (Fsp3) is 0.0625. The van der Waals surface area contributed by atoms with Crippen molar-refractivity contribution in [1.29, 1.82) is 0 Å². The van der Waals surface area contributed by atoms with E-state index in [-0.39, 0.29) is 11.3 Å². The van der Waals surface area contributed by atoms with Gasteiger partial charge in [0.05, 0.1) is 15.6 Å². The fourth-order valence-electron chi connectivity index (χ4n) is 2.45. The molecule has 2 aromatic carbocycles. The molecule has 1 amide bonds. The summed E-state index contributed by atoms with van der Waals surface area (Å²) in [5, 5.41) is 18.3. The Hall–Kier alpha value is -3.26. The van der Waals surface area contributed by atoms with E-state index >= 15 is 0 Å². The van der Waals surface area contributed by atoms with Gasteiger partial charge in [0, 0.05) is 5.56 Å². The van der Waals surface area contributed by atoms with Crippen LogP contribution in [-0.2, 0) is 0 Å². The van der Waals surface area contributed by atoms with Crippen LogP contribution in [0, 0.1) is 17.0 Å². The van der Waals surface area contributed by atoms with Gasteiger partial charge in [-0.3, -0.25) is 14.9 Å². The third-order valence-electron chi connectivity index (χ3n) is 3.55. The summed E-state index contributed by atoms with van der Waals surface area (Å²) >= 11 is 6.21. The minimum absolute atomic E-state index is 0.0329. The van der Waals surface area contributed by atoms with Crippen molar-refractivity contribution in [2.75, 3.05) is 5.32 Å². The minimum Gasteiger partial charge on any atom is -0.320 e. The Balaban J connectivity index is 2.03. The summed E-state index contributed by atoms with van der Waals surface area (Å²) in [5.74, 6) is -0.612. The highest BCUT2D eigenvalue weighted by Gasteiger charge is 2.23. The summed E-state index contributed by atoms with van der Waals surface area (Å²) in [4.78, 5) is 27.2. The molecule has 0 aliphatic rings. The highest BCUT2D eigenvalue weighted by atomic mass is 35.5. The number of benzene rings is 2. The largest absolute Gasteiger partial charge is 0.320 e. The first-order valence-electron chi connectivity index (χ1n) is 7.18. The maximum absolute atomic E-state index is 12.6. The number of amides is 1. The Bertz CT molecular complexity index is 956. The normalized spacial score (nSPS) is 10.5. The Morgan fingerprint density at radius 1 is 1.28 bits per heavy atom. The molecule has 0 saturated carbocycles. The number of nitrogens with one attached hydrogen (secondary N) is 1. The zero-order chi connectivity index (χ0) is 18.0. The molecule has 0 aliphatic heterocycles. The van der Waals surface area contributed by atoms with Crippen molar-refractivity contribution < 1.29 is 9.72 Å². The molecule has 126 valence electrons. The van der Waals surface area contributed by atoms with Gasteiger partial charge in [0.1, 0.15) is 23.9 Å². The molecule has 3 rings (SSSR count). The number of nitro benzene ring substituents is 1. The Labute approximate surface area is 147 Å². The van der Waals surface area contributed by atoms with Crippen molar-refractivity contribution >= 4 is 28.9 Å². The van der Waals surface area contributed by atoms with E-state index in [0.717, 1.165) is 0 Å². The molecular weight excluding hydrogens is 346 g/mol. The molecule has 0 bridgehead atoms. The lowest BCUT2D eigenvalue weighted by atomic mass is 10.1. The number of nitro groups is 1. The van der Waals surface area contributed by atoms with E-state index in [2.05, 4.69) is 15.4 Å². The van der Waals surface area contributed by atoms with Crippen LogP contribution in [0.25, 0.3) is 5.69 Å². The first-order chi connectivity index (χ1) is 12.0. The van der Waals surface area contributed by atoms with E-state index in [1.165, 1.54) is 23.4 Å². The van der Waals surface area contributed by atoms with Crippen LogP contribution in [0.5, 0.6) is 0 Å². The van der Waals surface area contributed by atoms with Gasteiger partial charge in [-0.25, -0.2) is 9.67 Å². The summed E-state index contributed by atoms with van der Waals surface area (Å²) < 4.78 is 1.41. The lowest BCUT2D eigenvalue weighted by Gasteiger charge is -2.12. The number of hydrogen-bond acceptors (Lipinski definition) is 5. The van der Waals surface area contributed by atoms with Crippen LogP contribution in [-0.4, -0.2) is 25.6 Å². The number of aromatic nitrogens is 3. The lowest BCUT2D eigenvalue weighted by molar-refractivity contribution is -0.385. The molecule has 1 N–H and O–H groups in total. The average molecular weight is 358 g/mol. The molecule has 9 heteroatoms. The SMILES string of the molecule is Cc1cccc(C(=O)Nc2cccc(Cl)c2-n2cncn2)c1[N+](=O)[O-]. The van der Waals surface area contributed by atoms with Crippen LogP contribution in [0.4, 0.5) is 11.4 Å². The van der Waals surface area contributed by atoms with Gasteiger partial charge >= 0.3 is 0 Å². The molecule has 0 aliphatic carbocycles. The van der Waals surface area contributed by atoms with Gasteiger partial charge in [0.2, 0.25) is 0 Å². The van der Waals surface area contributed by atoms with Gasteiger partial charge in [-0.05, 0) is 25.1 Å². The third-order valence-corrected chi connectivity index (χ3v) is 3.85. The number of hydrogen-bond donors (Lipinski definition) is 1. The molecule has 1 aromatic heterocycles. The van der Waals surface area contributed by atoms with E-state index in [1.807, 2.05) is 0 Å². The predicted molar refractivity (Wildman–Crippen MR) is 92.2 cm³/mol. The van der Waals surface area contributed by atoms with Gasteiger partial charge in [-0.2, -0.15) is 5.10 Å². The first-order valence-corrected chi connectivity index (χ1v) is 7.55. The number of halogens is 1. The Morgan fingerprint density at radius 2 is 2.04 bits per heavy atom. The molecule has 0 unspecified atom stereocenters. The fourth-order valence-corrected chi connectivity index (χ4v) is 2.71. The number of aryl methyl sites for hydroxylation is 1. The van der Waals surface area contributed by atoms with Crippen molar-refractivity contribution in [2.24, 2.45) is 0 Å². The Morgan fingerprint density at radius 3 is 2.72 bits per heavy atom. The van der Waals surface area contributed by atoms with Crippen LogP contribution in [0.3, 0.4) is 0 Å². The van der Waals surface area contributed by atoms with Crippen molar-refractivity contribution in [1.82, 2.24) is 14.8 Å². The molecule has 0 saturated heterocycles. The van der Waals surface area contributed by atoms with Gasteiger partial charge < -0.3 is 5.32 Å². The number of rotatable bonds is 4. The molecule has 3 aromatic rings. The summed E-state index contributed by atoms with van der Waals surface area (Å²) in [5.41, 5.74) is 0.920. The number of carbonyl (C=O) groups is 1. The van der Waals surface area contributed by atoms with Crippen molar-refractivity contribution in [2.45, 2.75) is 6.92 Å². The van der Waals surface area contributed by atoms with Crippen LogP contribution in [0.1, 0.15) is 15.9 Å². The highest BCUT2D eigenvalue weighted by Crippen LogP contribution is 2.29. The van der Waals surface area contributed by atoms with E-state index in [9.17, 15) is 14.9 Å². The predicted octanol–water partition coefficient (Wildman–Crippen LogP) is 3.39. The average Bonchev–Trinajstić information content (AvgIpc) is 3.08. The smallest absolute Gasteiger partial charge is 0.285 e. The van der Waals surface area contributed by atoms with Crippen LogP contribution in [0.15, 0.2) is 49.1 Å². The standard InChI is InChI=1S/C16H12ClN5O3/c1-10-4-2-5-11(14(10)22(24)25)16(23)20-13-7-3-6-12(17)15(13)21-9-18-8-19-21/h2-9H,1H3,(H,20,23). The zero-order valence-electron chi connectivity index (χ0n) is 13.0. The number of para-hydroxylation sites is 2. The van der Waals surface area contributed by atoms with E-state index in [4.69, 9.17) is 11.6 Å². The molecule has 0 spiro atoms. The number of nitrogens with zero attached hydrogens (tertiary/aromatic N) is 4. The highest BCUT2D eigenvalue weighted by molar-refractivity contribution is 6.33. The zero-order valence-corrected chi connectivity index (χ0v) is 13.8. The first kappa shape index (κ1) is 16.6. The molecule has 1 heterocycles. The quantitative estimate of drug-likeness (QED) is 0.569. The van der Waals surface area contributed by atoms with Gasteiger partial charge in [0.15, 0.2) is 0 Å². The van der Waals surface area contributed by atoms with Crippen LogP contribution < -0.4 is 5.32 Å². The third kappa shape index (κ3) is 3.20. The van der Waals surface area contributed by atoms with Crippen molar-refractivity contribution in [3.8, 4) is 5.69 Å². The monoisotopic (exact) mass is 357 g/mol. The molecule has 8 nitrogen and oxygen atoms in total. The minimum atomic E-state index is -0.612. The summed E-state index contributed by atoms with van der Waals surface area (Å²) in [6.07, 6.45) is 2.77. The maximum atomic E-state index is 12.6. The van der Waals surface area contributed by atoms with Crippen molar-refractivity contribution in [3.63, 3.8) is 0 Å². The van der Waals surface area contributed by atoms with E-state index in [0.29, 0.717) is 22.0 Å². The summed E-state index contributed by atoms with van der Waals surface area (Å²) in [6, 6.07) is 9.50. The van der Waals surface area contributed by atoms with Crippen LogP contribution in [0.2, 0.25) is 5.02 Å². The molecule has 0 radical (unpaired) electrons. The van der Waals surface area contributed by atoms with E-state index < -0.39 is 10.8 Å². The van der Waals surface area contributed by atoms with Crippen molar-refractivity contribution in [3.05, 3.63) is 75.3 Å². The Kier molecular flexibility index (Phi) is 4.44. The van der Waals surface area contributed by atoms with E-state index in [1.54, 1.807) is 37.3 Å². The van der Waals surface area contributed by atoms with Crippen LogP contribution >= 0.6 is 11.6 Å². The lowest BCUT2D eigenvalue weighted by Crippen LogP contribution is -2.16. The second-order valence-electron chi connectivity index (χ2n) is 5.16. The molecule has 25 heavy (non-hydrogen) atoms. The summed E-state index contributed by atoms with van der Waals surface area (Å²) in [6.45, 7) is 1.58. The van der Waals surface area contributed by atoms with Gasteiger partial charge in [-0.15, -0.1) is 0 Å². The number of anilines is 1. The summed E-state index contributed by atoms with van der Waals surface area (Å²) in [7, 11) is 0. The second kappa shape index (κ2) is 6.70. The molecule has 0 fully saturated rings. The molecule has 0 atom stereocenters.